The van der Waals surface area contributed by atoms with Gasteiger partial charge >= 0.3 is 0 Å². The average Bonchev–Trinajstić information content (AvgIpc) is 2.65. The highest BCUT2D eigenvalue weighted by Gasteiger charge is 2.23. The van der Waals surface area contributed by atoms with Crippen LogP contribution in [0.1, 0.15) is 33.9 Å². The fraction of sp³-hybridized carbons (Fsp3) is 0.333. The fourth-order valence-corrected chi connectivity index (χ4v) is 2.43. The van der Waals surface area contributed by atoms with Crippen molar-refractivity contribution in [2.75, 3.05) is 24.6 Å². The molecule has 0 saturated heterocycles. The van der Waals surface area contributed by atoms with Crippen LogP contribution in [-0.2, 0) is 0 Å². The number of amides is 2. The summed E-state index contributed by atoms with van der Waals surface area (Å²) < 4.78 is 0. The molecule has 0 radical (unpaired) electrons. The van der Waals surface area contributed by atoms with Gasteiger partial charge in [0, 0.05) is 13.6 Å². The van der Waals surface area contributed by atoms with Crippen LogP contribution in [0.4, 0.5) is 10.7 Å². The Bertz CT molecular complexity index is 530. The third-order valence-corrected chi connectivity index (χ3v) is 3.57. The number of rotatable bonds is 5. The molecule has 104 valence electrons. The van der Waals surface area contributed by atoms with E-state index in [2.05, 4.69) is 10.6 Å². The van der Waals surface area contributed by atoms with Gasteiger partial charge in [-0.1, -0.05) is 11.6 Å². The minimum atomic E-state index is -0.636. The molecule has 0 atom stereocenters. The van der Waals surface area contributed by atoms with Crippen molar-refractivity contribution in [1.82, 2.24) is 5.32 Å². The Morgan fingerprint density at radius 1 is 1.37 bits per heavy atom. The molecule has 0 saturated carbocycles. The monoisotopic (exact) mass is 282 g/mol. The van der Waals surface area contributed by atoms with Crippen LogP contribution >= 0.6 is 11.3 Å². The maximum Gasteiger partial charge on any atom is 0.260 e. The standard InChI is InChI=1S/C12H18N4O2S/c1-6(2)4-5-16-12-7(11(18)15-3)8(13)9(19-12)10(14)17/h4,16H,5,13H2,1-3H3,(H2,14,17)(H,15,18). The molecular formula is C12H18N4O2S. The molecule has 1 rings (SSSR count). The van der Waals surface area contributed by atoms with Crippen molar-refractivity contribution in [1.29, 1.82) is 0 Å². The van der Waals surface area contributed by atoms with E-state index >= 15 is 0 Å². The Morgan fingerprint density at radius 3 is 2.47 bits per heavy atom. The zero-order chi connectivity index (χ0) is 14.6. The highest BCUT2D eigenvalue weighted by atomic mass is 32.1. The number of nitrogen functional groups attached to an aromatic ring is 1. The topological polar surface area (TPSA) is 110 Å². The number of carbonyl (C=O) groups is 2. The maximum atomic E-state index is 11.8. The van der Waals surface area contributed by atoms with Crippen LogP contribution in [0.25, 0.3) is 0 Å². The van der Waals surface area contributed by atoms with Crippen LogP contribution < -0.4 is 22.1 Å². The minimum Gasteiger partial charge on any atom is -0.397 e. The molecule has 6 N–H and O–H groups in total. The molecule has 1 aromatic rings. The van der Waals surface area contributed by atoms with E-state index in [1.54, 1.807) is 0 Å². The number of allylic oxidation sites excluding steroid dienone is 1. The Kier molecular flexibility index (Phi) is 4.94. The van der Waals surface area contributed by atoms with Gasteiger partial charge in [0.05, 0.1) is 11.3 Å². The number of hydrogen-bond acceptors (Lipinski definition) is 5. The van der Waals surface area contributed by atoms with E-state index < -0.39 is 5.91 Å². The number of carbonyl (C=O) groups excluding carboxylic acids is 2. The lowest BCUT2D eigenvalue weighted by molar-refractivity contribution is 0.0965. The van der Waals surface area contributed by atoms with E-state index in [9.17, 15) is 9.59 Å². The first-order valence-corrected chi connectivity index (χ1v) is 6.51. The first-order valence-electron chi connectivity index (χ1n) is 5.69. The van der Waals surface area contributed by atoms with Gasteiger partial charge in [0.15, 0.2) is 0 Å². The fourth-order valence-electron chi connectivity index (χ4n) is 1.45. The molecule has 2 amide bonds. The molecule has 6 nitrogen and oxygen atoms in total. The number of thiophene rings is 1. The smallest absolute Gasteiger partial charge is 0.260 e. The lowest BCUT2D eigenvalue weighted by Gasteiger charge is -2.05. The summed E-state index contributed by atoms with van der Waals surface area (Å²) in [6, 6.07) is 0. The minimum absolute atomic E-state index is 0.122. The predicted octanol–water partition coefficient (Wildman–Crippen LogP) is 1.17. The molecule has 1 aromatic heterocycles. The quantitative estimate of drug-likeness (QED) is 0.607. The Hall–Kier alpha value is -2.02. The summed E-state index contributed by atoms with van der Waals surface area (Å²) in [6.45, 7) is 4.49. The third kappa shape index (κ3) is 3.47. The summed E-state index contributed by atoms with van der Waals surface area (Å²) in [4.78, 5) is 23.3. The van der Waals surface area contributed by atoms with E-state index in [4.69, 9.17) is 11.5 Å². The molecule has 0 aliphatic heterocycles. The van der Waals surface area contributed by atoms with Gasteiger partial charge in [-0.25, -0.2) is 0 Å². The van der Waals surface area contributed by atoms with Gasteiger partial charge in [0.1, 0.15) is 9.88 Å². The SMILES string of the molecule is CNC(=O)c1c(NCC=C(C)C)sc(C(N)=O)c1N. The van der Waals surface area contributed by atoms with Crippen molar-refractivity contribution in [3.8, 4) is 0 Å². The summed E-state index contributed by atoms with van der Waals surface area (Å²) in [5, 5.41) is 6.11. The second kappa shape index (κ2) is 6.24. The van der Waals surface area contributed by atoms with Crippen LogP contribution in [0.2, 0.25) is 0 Å². The molecule has 7 heteroatoms. The normalized spacial score (nSPS) is 9.84. The van der Waals surface area contributed by atoms with E-state index in [1.165, 1.54) is 7.05 Å². The molecule has 0 aliphatic rings. The third-order valence-electron chi connectivity index (χ3n) is 2.40. The average molecular weight is 282 g/mol. The van der Waals surface area contributed by atoms with Crippen molar-refractivity contribution < 1.29 is 9.59 Å². The summed E-state index contributed by atoms with van der Waals surface area (Å²) in [7, 11) is 1.50. The number of hydrogen-bond donors (Lipinski definition) is 4. The Morgan fingerprint density at radius 2 is 2.00 bits per heavy atom. The molecule has 0 aromatic carbocycles. The number of nitrogens with one attached hydrogen (secondary N) is 2. The largest absolute Gasteiger partial charge is 0.397 e. The number of anilines is 2. The van der Waals surface area contributed by atoms with Crippen LogP contribution in [-0.4, -0.2) is 25.4 Å². The van der Waals surface area contributed by atoms with Gasteiger partial charge in [-0.15, -0.1) is 11.3 Å². The lowest BCUT2D eigenvalue weighted by atomic mass is 10.2. The van der Waals surface area contributed by atoms with Crippen molar-refractivity contribution in [2.24, 2.45) is 5.73 Å². The zero-order valence-electron chi connectivity index (χ0n) is 11.2. The van der Waals surface area contributed by atoms with E-state index in [0.29, 0.717) is 11.5 Å². The zero-order valence-corrected chi connectivity index (χ0v) is 12.0. The molecular weight excluding hydrogens is 264 g/mol. The summed E-state index contributed by atoms with van der Waals surface area (Å²) >= 11 is 1.09. The molecule has 0 unspecified atom stereocenters. The highest BCUT2D eigenvalue weighted by molar-refractivity contribution is 7.19. The van der Waals surface area contributed by atoms with E-state index in [-0.39, 0.29) is 22.0 Å². The lowest BCUT2D eigenvalue weighted by Crippen LogP contribution is -2.20. The molecule has 0 spiro atoms. The van der Waals surface area contributed by atoms with Gasteiger partial charge < -0.3 is 22.1 Å². The highest BCUT2D eigenvalue weighted by Crippen LogP contribution is 2.35. The Labute approximate surface area is 115 Å². The van der Waals surface area contributed by atoms with Crippen molar-refractivity contribution in [3.05, 3.63) is 22.1 Å². The summed E-state index contributed by atoms with van der Waals surface area (Å²) in [5.74, 6) is -0.983. The van der Waals surface area contributed by atoms with Gasteiger partial charge in [0.2, 0.25) is 0 Å². The van der Waals surface area contributed by atoms with Crippen molar-refractivity contribution in [3.63, 3.8) is 0 Å². The van der Waals surface area contributed by atoms with E-state index in [1.807, 2.05) is 19.9 Å². The molecule has 0 fully saturated rings. The first-order chi connectivity index (χ1) is 8.88. The summed E-state index contributed by atoms with van der Waals surface area (Å²) in [6.07, 6.45) is 1.97. The van der Waals surface area contributed by atoms with Crippen molar-refractivity contribution >= 4 is 33.8 Å². The second-order valence-corrected chi connectivity index (χ2v) is 5.18. The van der Waals surface area contributed by atoms with Gasteiger partial charge in [-0.2, -0.15) is 0 Å². The van der Waals surface area contributed by atoms with Crippen LogP contribution in [0, 0.1) is 0 Å². The molecule has 0 aliphatic carbocycles. The van der Waals surface area contributed by atoms with Gasteiger partial charge in [-0.05, 0) is 13.8 Å². The van der Waals surface area contributed by atoms with Crippen LogP contribution in [0.3, 0.4) is 0 Å². The second-order valence-electron chi connectivity index (χ2n) is 4.15. The number of nitrogens with two attached hydrogens (primary N) is 2. The first kappa shape index (κ1) is 15.0. The van der Waals surface area contributed by atoms with Crippen LogP contribution in [0.5, 0.6) is 0 Å². The van der Waals surface area contributed by atoms with E-state index in [0.717, 1.165) is 16.9 Å². The molecule has 0 bridgehead atoms. The summed E-state index contributed by atoms with van der Waals surface area (Å²) in [5.41, 5.74) is 12.6. The van der Waals surface area contributed by atoms with Crippen LogP contribution in [0.15, 0.2) is 11.6 Å². The van der Waals surface area contributed by atoms with Gasteiger partial charge in [-0.3, -0.25) is 9.59 Å². The predicted molar refractivity (Wildman–Crippen MR) is 78.6 cm³/mol. The Balaban J connectivity index is 3.14. The number of primary amides is 1. The molecule has 19 heavy (non-hydrogen) atoms. The maximum absolute atomic E-state index is 11.8. The van der Waals surface area contributed by atoms with Gasteiger partial charge in [0.25, 0.3) is 11.8 Å². The van der Waals surface area contributed by atoms with Crippen molar-refractivity contribution in [2.45, 2.75) is 13.8 Å². The molecule has 1 heterocycles.